The smallest absolute Gasteiger partial charge is 0.242 e. The molecule has 20 heavy (non-hydrogen) atoms. The topological polar surface area (TPSA) is 37.4 Å². The van der Waals surface area contributed by atoms with Crippen molar-refractivity contribution < 1.29 is 9.59 Å². The minimum Gasteiger partial charge on any atom is -0.304 e. The highest BCUT2D eigenvalue weighted by Crippen LogP contribution is 2.28. The van der Waals surface area contributed by atoms with Crippen LogP contribution in [0, 0.1) is 13.8 Å². The summed E-state index contributed by atoms with van der Waals surface area (Å²) < 4.78 is 0. The number of unbranched alkanes of at least 4 members (excludes halogenated alkanes) is 1. The van der Waals surface area contributed by atoms with E-state index in [1.54, 1.807) is 0 Å². The Bertz CT molecular complexity index is 486. The molecular weight excluding hydrogens is 274 g/mol. The molecule has 0 saturated carbocycles. The summed E-state index contributed by atoms with van der Waals surface area (Å²) in [7, 11) is 0. The maximum absolute atomic E-state index is 12.0. The van der Waals surface area contributed by atoms with E-state index in [1.807, 2.05) is 19.9 Å². The van der Waals surface area contributed by atoms with Gasteiger partial charge in [-0.3, -0.25) is 4.79 Å². The average Bonchev–Trinajstić information content (AvgIpc) is 2.44. The van der Waals surface area contributed by atoms with Crippen LogP contribution in [0.4, 0.5) is 5.69 Å². The van der Waals surface area contributed by atoms with Crippen molar-refractivity contribution in [2.75, 3.05) is 17.3 Å². The number of alkyl halides is 1. The SMILES string of the molecule is CCCCc1ccc(C)c(N(CC=O)C(=O)CCl)c1C. The molecule has 0 bridgehead atoms. The van der Waals surface area contributed by atoms with Crippen LogP contribution < -0.4 is 4.90 Å². The van der Waals surface area contributed by atoms with E-state index in [2.05, 4.69) is 13.0 Å². The van der Waals surface area contributed by atoms with Gasteiger partial charge in [0.25, 0.3) is 0 Å². The van der Waals surface area contributed by atoms with E-state index in [4.69, 9.17) is 11.6 Å². The zero-order chi connectivity index (χ0) is 15.1. The summed E-state index contributed by atoms with van der Waals surface area (Å²) in [6, 6.07) is 4.11. The second kappa shape index (κ2) is 8.05. The van der Waals surface area contributed by atoms with Gasteiger partial charge in [-0.2, -0.15) is 0 Å². The van der Waals surface area contributed by atoms with Crippen LogP contribution in [-0.4, -0.2) is 24.6 Å². The molecular formula is C16H22ClNO2. The normalized spacial score (nSPS) is 10.4. The monoisotopic (exact) mass is 295 g/mol. The summed E-state index contributed by atoms with van der Waals surface area (Å²) in [5.41, 5.74) is 4.11. The Morgan fingerprint density at radius 3 is 2.60 bits per heavy atom. The van der Waals surface area contributed by atoms with Gasteiger partial charge in [-0.25, -0.2) is 0 Å². The van der Waals surface area contributed by atoms with Crippen molar-refractivity contribution in [3.8, 4) is 0 Å². The maximum Gasteiger partial charge on any atom is 0.242 e. The third-order valence-electron chi connectivity index (χ3n) is 3.49. The number of aldehydes is 1. The molecule has 0 heterocycles. The second-order valence-electron chi connectivity index (χ2n) is 4.92. The van der Waals surface area contributed by atoms with Crippen LogP contribution in [0.1, 0.15) is 36.5 Å². The van der Waals surface area contributed by atoms with Gasteiger partial charge in [0.2, 0.25) is 5.91 Å². The Hall–Kier alpha value is -1.35. The van der Waals surface area contributed by atoms with Crippen LogP contribution >= 0.6 is 11.6 Å². The number of halogens is 1. The first-order valence-corrected chi connectivity index (χ1v) is 7.49. The predicted molar refractivity (Wildman–Crippen MR) is 83.7 cm³/mol. The molecule has 3 nitrogen and oxygen atoms in total. The van der Waals surface area contributed by atoms with Gasteiger partial charge in [0.15, 0.2) is 0 Å². The lowest BCUT2D eigenvalue weighted by atomic mass is 9.97. The number of rotatable bonds is 7. The molecule has 0 saturated heterocycles. The summed E-state index contributed by atoms with van der Waals surface area (Å²) >= 11 is 5.65. The lowest BCUT2D eigenvalue weighted by molar-refractivity contribution is -0.117. The number of benzene rings is 1. The standard InChI is InChI=1S/C16H22ClNO2/c1-4-5-6-14-8-7-12(2)16(13(14)3)18(9-10-19)15(20)11-17/h7-8,10H,4-6,9,11H2,1-3H3. The largest absolute Gasteiger partial charge is 0.304 e. The molecule has 0 aliphatic rings. The van der Waals surface area contributed by atoms with E-state index in [-0.39, 0.29) is 18.3 Å². The summed E-state index contributed by atoms with van der Waals surface area (Å²) in [5.74, 6) is -0.357. The van der Waals surface area contributed by atoms with Crippen molar-refractivity contribution in [2.45, 2.75) is 40.0 Å². The van der Waals surface area contributed by atoms with E-state index in [9.17, 15) is 9.59 Å². The fourth-order valence-corrected chi connectivity index (χ4v) is 2.54. The van der Waals surface area contributed by atoms with E-state index in [1.165, 1.54) is 10.5 Å². The Kier molecular flexibility index (Phi) is 6.73. The maximum atomic E-state index is 12.0. The molecule has 0 aromatic heterocycles. The van der Waals surface area contributed by atoms with Gasteiger partial charge in [0.1, 0.15) is 12.2 Å². The highest BCUT2D eigenvalue weighted by Gasteiger charge is 2.19. The van der Waals surface area contributed by atoms with Crippen molar-refractivity contribution in [1.82, 2.24) is 0 Å². The summed E-state index contributed by atoms with van der Waals surface area (Å²) in [6.45, 7) is 6.16. The van der Waals surface area contributed by atoms with E-state index >= 15 is 0 Å². The molecule has 0 radical (unpaired) electrons. The average molecular weight is 296 g/mol. The summed E-state index contributed by atoms with van der Waals surface area (Å²) in [5, 5.41) is 0. The highest BCUT2D eigenvalue weighted by atomic mass is 35.5. The Morgan fingerprint density at radius 1 is 1.35 bits per heavy atom. The zero-order valence-electron chi connectivity index (χ0n) is 12.4. The quantitative estimate of drug-likeness (QED) is 0.571. The Morgan fingerprint density at radius 2 is 2.05 bits per heavy atom. The second-order valence-corrected chi connectivity index (χ2v) is 5.19. The van der Waals surface area contributed by atoms with E-state index < -0.39 is 0 Å². The van der Waals surface area contributed by atoms with Crippen molar-refractivity contribution in [2.24, 2.45) is 0 Å². The molecule has 0 aliphatic heterocycles. The molecule has 0 N–H and O–H groups in total. The van der Waals surface area contributed by atoms with E-state index in [0.717, 1.165) is 42.4 Å². The van der Waals surface area contributed by atoms with Crippen LogP contribution in [0.25, 0.3) is 0 Å². The number of carbonyl (C=O) groups excluding carboxylic acids is 2. The lowest BCUT2D eigenvalue weighted by Gasteiger charge is -2.25. The van der Waals surface area contributed by atoms with Crippen LogP contribution in [0.3, 0.4) is 0 Å². The Labute approximate surface area is 125 Å². The van der Waals surface area contributed by atoms with Crippen LogP contribution in [0.2, 0.25) is 0 Å². The van der Waals surface area contributed by atoms with Gasteiger partial charge in [-0.1, -0.05) is 25.5 Å². The molecule has 0 aliphatic carbocycles. The molecule has 4 heteroatoms. The zero-order valence-corrected chi connectivity index (χ0v) is 13.2. The number of nitrogens with zero attached hydrogens (tertiary/aromatic N) is 1. The van der Waals surface area contributed by atoms with Crippen molar-refractivity contribution in [3.05, 3.63) is 28.8 Å². The van der Waals surface area contributed by atoms with Crippen LogP contribution in [-0.2, 0) is 16.0 Å². The van der Waals surface area contributed by atoms with Crippen molar-refractivity contribution >= 4 is 29.5 Å². The van der Waals surface area contributed by atoms with Gasteiger partial charge >= 0.3 is 0 Å². The van der Waals surface area contributed by atoms with Crippen LogP contribution in [0.15, 0.2) is 12.1 Å². The Balaban J connectivity index is 3.25. The van der Waals surface area contributed by atoms with Crippen molar-refractivity contribution in [3.63, 3.8) is 0 Å². The van der Waals surface area contributed by atoms with E-state index in [0.29, 0.717) is 0 Å². The number of anilines is 1. The van der Waals surface area contributed by atoms with Gasteiger partial charge in [0.05, 0.1) is 12.2 Å². The number of aryl methyl sites for hydroxylation is 2. The minimum absolute atomic E-state index is 0.0461. The van der Waals surface area contributed by atoms with Gasteiger partial charge in [0, 0.05) is 0 Å². The molecule has 1 aromatic carbocycles. The lowest BCUT2D eigenvalue weighted by Crippen LogP contribution is -2.34. The molecule has 0 atom stereocenters. The number of hydrogen-bond donors (Lipinski definition) is 0. The molecule has 0 unspecified atom stereocenters. The molecule has 110 valence electrons. The first-order chi connectivity index (χ1) is 9.56. The van der Waals surface area contributed by atoms with Crippen LogP contribution in [0.5, 0.6) is 0 Å². The number of amides is 1. The fraction of sp³-hybridized carbons (Fsp3) is 0.500. The summed E-state index contributed by atoms with van der Waals surface area (Å²) in [6.07, 6.45) is 3.96. The summed E-state index contributed by atoms with van der Waals surface area (Å²) in [4.78, 5) is 24.3. The number of hydrogen-bond acceptors (Lipinski definition) is 2. The fourth-order valence-electron chi connectivity index (χ4n) is 2.40. The van der Waals surface area contributed by atoms with Gasteiger partial charge in [-0.05, 0) is 43.4 Å². The molecule has 1 aromatic rings. The first kappa shape index (κ1) is 16.7. The molecule has 0 spiro atoms. The highest BCUT2D eigenvalue weighted by molar-refractivity contribution is 6.29. The van der Waals surface area contributed by atoms with Gasteiger partial charge in [-0.15, -0.1) is 11.6 Å². The van der Waals surface area contributed by atoms with Crippen molar-refractivity contribution in [1.29, 1.82) is 0 Å². The third-order valence-corrected chi connectivity index (χ3v) is 3.72. The molecule has 0 fully saturated rings. The predicted octanol–water partition coefficient (Wildman–Crippen LogP) is 3.42. The minimum atomic E-state index is -0.238. The first-order valence-electron chi connectivity index (χ1n) is 6.95. The third kappa shape index (κ3) is 3.83. The molecule has 1 amide bonds. The number of carbonyl (C=O) groups is 2. The van der Waals surface area contributed by atoms with Gasteiger partial charge < -0.3 is 9.69 Å². The molecule has 1 rings (SSSR count).